The number of nitrogens with zero attached hydrogens (tertiary/aromatic N) is 2. The van der Waals surface area contributed by atoms with E-state index >= 15 is 0 Å². The lowest BCUT2D eigenvalue weighted by molar-refractivity contribution is -0.143. The van der Waals surface area contributed by atoms with E-state index in [1.54, 1.807) is 13.0 Å². The van der Waals surface area contributed by atoms with Gasteiger partial charge in [0.2, 0.25) is 0 Å². The Morgan fingerprint density at radius 2 is 1.96 bits per heavy atom. The molecule has 1 aromatic carbocycles. The van der Waals surface area contributed by atoms with Gasteiger partial charge in [-0.05, 0) is 12.5 Å². The Morgan fingerprint density at radius 3 is 2.57 bits per heavy atom. The van der Waals surface area contributed by atoms with Gasteiger partial charge in [-0.25, -0.2) is 0 Å². The molecule has 0 aromatic heterocycles. The molecule has 0 saturated carbocycles. The van der Waals surface area contributed by atoms with Gasteiger partial charge < -0.3 is 14.7 Å². The molecule has 1 saturated heterocycles. The fraction of sp³-hybridized carbons (Fsp3) is 0.500. The van der Waals surface area contributed by atoms with E-state index in [0.29, 0.717) is 26.2 Å². The Bertz CT molecular complexity index is 498. The number of ether oxygens (including phenoxy) is 1. The van der Waals surface area contributed by atoms with Crippen molar-refractivity contribution in [3.63, 3.8) is 0 Å². The van der Waals surface area contributed by atoms with Crippen LogP contribution in [0.1, 0.15) is 18.6 Å². The number of aliphatic hydroxyl groups is 1. The van der Waals surface area contributed by atoms with E-state index in [1.165, 1.54) is 0 Å². The number of piperazine rings is 1. The molecule has 126 valence electrons. The van der Waals surface area contributed by atoms with E-state index in [2.05, 4.69) is 11.5 Å². The minimum Gasteiger partial charge on any atom is -0.387 e. The lowest BCUT2D eigenvalue weighted by Gasteiger charge is -2.36. The van der Waals surface area contributed by atoms with Gasteiger partial charge in [-0.3, -0.25) is 9.69 Å². The highest BCUT2D eigenvalue weighted by Crippen LogP contribution is 2.15. The SMILES string of the molecule is C=CCOC(C)C(=O)N1CCN(CC(O)c2ccccc2)CC1. The second-order valence-corrected chi connectivity index (χ2v) is 5.82. The summed E-state index contributed by atoms with van der Waals surface area (Å²) in [5.41, 5.74) is 0.928. The number of β-amino-alcohol motifs (C(OH)–C–C–N with tert-alkyl or cyclic N) is 1. The Balaban J connectivity index is 1.77. The van der Waals surface area contributed by atoms with Gasteiger partial charge in [0.25, 0.3) is 5.91 Å². The second kappa shape index (κ2) is 8.82. The molecular formula is C18H26N2O3. The van der Waals surface area contributed by atoms with Gasteiger partial charge in [-0.15, -0.1) is 6.58 Å². The Hall–Kier alpha value is -1.69. The van der Waals surface area contributed by atoms with Crippen molar-refractivity contribution in [3.8, 4) is 0 Å². The Morgan fingerprint density at radius 1 is 1.30 bits per heavy atom. The monoisotopic (exact) mass is 318 g/mol. The van der Waals surface area contributed by atoms with Crippen LogP contribution in [0.2, 0.25) is 0 Å². The van der Waals surface area contributed by atoms with Crippen molar-refractivity contribution in [1.82, 2.24) is 9.80 Å². The molecule has 2 rings (SSSR count). The average molecular weight is 318 g/mol. The van der Waals surface area contributed by atoms with Crippen LogP contribution in [-0.4, -0.2) is 66.2 Å². The summed E-state index contributed by atoms with van der Waals surface area (Å²) in [6, 6.07) is 9.67. The number of benzene rings is 1. The summed E-state index contributed by atoms with van der Waals surface area (Å²) >= 11 is 0. The van der Waals surface area contributed by atoms with Crippen LogP contribution in [0.15, 0.2) is 43.0 Å². The lowest BCUT2D eigenvalue weighted by Crippen LogP contribution is -2.52. The second-order valence-electron chi connectivity index (χ2n) is 5.82. The Kier molecular flexibility index (Phi) is 6.77. The van der Waals surface area contributed by atoms with Gasteiger partial charge in [0.1, 0.15) is 6.10 Å². The van der Waals surface area contributed by atoms with Crippen molar-refractivity contribution in [2.24, 2.45) is 0 Å². The van der Waals surface area contributed by atoms with Gasteiger partial charge in [-0.2, -0.15) is 0 Å². The largest absolute Gasteiger partial charge is 0.387 e. The standard InChI is InChI=1S/C18H26N2O3/c1-3-13-23-15(2)18(22)20-11-9-19(10-12-20)14-17(21)16-7-5-4-6-8-16/h3-8,15,17,21H,1,9-14H2,2H3. The van der Waals surface area contributed by atoms with Crippen molar-refractivity contribution in [2.45, 2.75) is 19.1 Å². The summed E-state index contributed by atoms with van der Waals surface area (Å²) in [5.74, 6) is 0.0232. The van der Waals surface area contributed by atoms with Gasteiger partial charge in [0.05, 0.1) is 12.7 Å². The summed E-state index contributed by atoms with van der Waals surface area (Å²) in [5, 5.41) is 10.3. The van der Waals surface area contributed by atoms with E-state index in [4.69, 9.17) is 4.74 Å². The van der Waals surface area contributed by atoms with E-state index < -0.39 is 12.2 Å². The zero-order valence-corrected chi connectivity index (χ0v) is 13.7. The zero-order chi connectivity index (χ0) is 16.7. The van der Waals surface area contributed by atoms with Crippen LogP contribution >= 0.6 is 0 Å². The minimum atomic E-state index is -0.492. The number of aliphatic hydroxyl groups excluding tert-OH is 1. The maximum absolute atomic E-state index is 12.3. The van der Waals surface area contributed by atoms with Crippen molar-refractivity contribution in [1.29, 1.82) is 0 Å². The summed E-state index contributed by atoms with van der Waals surface area (Å²) in [7, 11) is 0. The molecule has 5 heteroatoms. The average Bonchev–Trinajstić information content (AvgIpc) is 2.60. The van der Waals surface area contributed by atoms with Crippen LogP contribution in [-0.2, 0) is 9.53 Å². The van der Waals surface area contributed by atoms with Crippen LogP contribution < -0.4 is 0 Å². The predicted molar refractivity (Wildman–Crippen MR) is 90.0 cm³/mol. The van der Waals surface area contributed by atoms with Crippen molar-refractivity contribution < 1.29 is 14.6 Å². The number of hydrogen-bond donors (Lipinski definition) is 1. The molecule has 23 heavy (non-hydrogen) atoms. The third kappa shape index (κ3) is 5.16. The molecule has 0 spiro atoms. The maximum Gasteiger partial charge on any atom is 0.251 e. The van der Waals surface area contributed by atoms with E-state index in [1.807, 2.05) is 35.2 Å². The number of carbonyl (C=O) groups is 1. The molecule has 0 radical (unpaired) electrons. The normalized spacial score (nSPS) is 18.4. The third-order valence-electron chi connectivity index (χ3n) is 4.11. The number of carbonyl (C=O) groups excluding carboxylic acids is 1. The Labute approximate surface area is 138 Å². The topological polar surface area (TPSA) is 53.0 Å². The summed E-state index contributed by atoms with van der Waals surface area (Å²) in [6.07, 6.45) is 0.718. The van der Waals surface area contributed by atoms with Crippen LogP contribution in [0.3, 0.4) is 0 Å². The first-order chi connectivity index (χ1) is 11.1. The minimum absolute atomic E-state index is 0.0232. The predicted octanol–water partition coefficient (Wildman–Crippen LogP) is 1.46. The quantitative estimate of drug-likeness (QED) is 0.773. The molecule has 1 aromatic rings. The van der Waals surface area contributed by atoms with Crippen molar-refractivity contribution in [2.75, 3.05) is 39.3 Å². The summed E-state index contributed by atoms with van der Waals surface area (Å²) < 4.78 is 5.39. The number of hydrogen-bond acceptors (Lipinski definition) is 4. The number of amides is 1. The summed E-state index contributed by atoms with van der Waals surface area (Å²) in [4.78, 5) is 16.3. The van der Waals surface area contributed by atoms with E-state index in [-0.39, 0.29) is 5.91 Å². The van der Waals surface area contributed by atoms with Crippen LogP contribution in [0.4, 0.5) is 0 Å². The highest BCUT2D eigenvalue weighted by atomic mass is 16.5. The first-order valence-electron chi connectivity index (χ1n) is 8.08. The molecule has 1 aliphatic rings. The van der Waals surface area contributed by atoms with E-state index in [9.17, 15) is 9.90 Å². The van der Waals surface area contributed by atoms with Gasteiger partial charge >= 0.3 is 0 Å². The highest BCUT2D eigenvalue weighted by molar-refractivity contribution is 5.80. The zero-order valence-electron chi connectivity index (χ0n) is 13.7. The molecule has 1 aliphatic heterocycles. The van der Waals surface area contributed by atoms with Crippen LogP contribution in [0.5, 0.6) is 0 Å². The molecule has 5 nitrogen and oxygen atoms in total. The molecule has 1 amide bonds. The van der Waals surface area contributed by atoms with Crippen LogP contribution in [0.25, 0.3) is 0 Å². The fourth-order valence-corrected chi connectivity index (χ4v) is 2.72. The van der Waals surface area contributed by atoms with E-state index in [0.717, 1.165) is 18.7 Å². The maximum atomic E-state index is 12.3. The molecule has 0 bridgehead atoms. The number of rotatable bonds is 7. The van der Waals surface area contributed by atoms with Gasteiger partial charge in [0, 0.05) is 32.7 Å². The van der Waals surface area contributed by atoms with Gasteiger partial charge in [0.15, 0.2) is 0 Å². The summed E-state index contributed by atoms with van der Waals surface area (Å²) in [6.45, 7) is 9.21. The molecule has 1 heterocycles. The molecule has 2 unspecified atom stereocenters. The molecular weight excluding hydrogens is 292 g/mol. The molecule has 2 atom stereocenters. The highest BCUT2D eigenvalue weighted by Gasteiger charge is 2.26. The van der Waals surface area contributed by atoms with Crippen molar-refractivity contribution in [3.05, 3.63) is 48.6 Å². The van der Waals surface area contributed by atoms with Crippen molar-refractivity contribution >= 4 is 5.91 Å². The molecule has 1 fully saturated rings. The molecule has 0 aliphatic carbocycles. The first-order valence-corrected chi connectivity index (χ1v) is 8.08. The first kappa shape index (κ1) is 17.7. The van der Waals surface area contributed by atoms with Crippen LogP contribution in [0, 0.1) is 0 Å². The third-order valence-corrected chi connectivity index (χ3v) is 4.11. The van der Waals surface area contributed by atoms with Gasteiger partial charge in [-0.1, -0.05) is 36.4 Å². The molecule has 1 N–H and O–H groups in total. The fourth-order valence-electron chi connectivity index (χ4n) is 2.72. The lowest BCUT2D eigenvalue weighted by atomic mass is 10.1. The smallest absolute Gasteiger partial charge is 0.251 e.